The van der Waals surface area contributed by atoms with Gasteiger partial charge in [-0.1, -0.05) is 26.0 Å². The third kappa shape index (κ3) is 2.64. The van der Waals surface area contributed by atoms with E-state index in [0.29, 0.717) is 18.3 Å². The first-order chi connectivity index (χ1) is 8.06. The summed E-state index contributed by atoms with van der Waals surface area (Å²) in [5, 5.41) is 4.40. The molecule has 1 aromatic carbocycles. The SMILES string of the molecule is CC(C)c1cc(N)n(Cc2cccc(F)c2)n1. The highest BCUT2D eigenvalue weighted by Crippen LogP contribution is 2.17. The van der Waals surface area contributed by atoms with E-state index in [2.05, 4.69) is 18.9 Å². The molecule has 4 heteroatoms. The zero-order chi connectivity index (χ0) is 12.4. The fourth-order valence-corrected chi connectivity index (χ4v) is 1.67. The van der Waals surface area contributed by atoms with E-state index in [-0.39, 0.29) is 5.82 Å². The lowest BCUT2D eigenvalue weighted by molar-refractivity contribution is 0.618. The third-order valence-corrected chi connectivity index (χ3v) is 2.64. The molecule has 2 aromatic rings. The van der Waals surface area contributed by atoms with Gasteiger partial charge in [0.25, 0.3) is 0 Å². The van der Waals surface area contributed by atoms with E-state index in [1.165, 1.54) is 12.1 Å². The molecule has 1 aromatic heterocycles. The maximum absolute atomic E-state index is 13.0. The van der Waals surface area contributed by atoms with Crippen LogP contribution in [0.4, 0.5) is 10.2 Å². The summed E-state index contributed by atoms with van der Waals surface area (Å²) in [6, 6.07) is 8.34. The maximum atomic E-state index is 13.0. The molecule has 3 nitrogen and oxygen atoms in total. The second-order valence-electron chi connectivity index (χ2n) is 4.44. The minimum Gasteiger partial charge on any atom is -0.384 e. The zero-order valence-corrected chi connectivity index (χ0v) is 10.0. The number of anilines is 1. The first-order valence-electron chi connectivity index (χ1n) is 5.64. The zero-order valence-electron chi connectivity index (χ0n) is 10.0. The van der Waals surface area contributed by atoms with Gasteiger partial charge in [0.15, 0.2) is 0 Å². The normalized spacial score (nSPS) is 11.1. The van der Waals surface area contributed by atoms with Crippen molar-refractivity contribution < 1.29 is 4.39 Å². The van der Waals surface area contributed by atoms with Gasteiger partial charge in [-0.3, -0.25) is 0 Å². The fraction of sp³-hybridized carbons (Fsp3) is 0.308. The van der Waals surface area contributed by atoms with Crippen LogP contribution in [0.25, 0.3) is 0 Å². The topological polar surface area (TPSA) is 43.8 Å². The number of benzene rings is 1. The molecule has 0 amide bonds. The molecule has 0 unspecified atom stereocenters. The van der Waals surface area contributed by atoms with Crippen LogP contribution in [-0.2, 0) is 6.54 Å². The minimum atomic E-state index is -0.239. The number of nitrogen functional groups attached to an aromatic ring is 1. The van der Waals surface area contributed by atoms with Gasteiger partial charge in [0.1, 0.15) is 11.6 Å². The Morgan fingerprint density at radius 3 is 2.71 bits per heavy atom. The van der Waals surface area contributed by atoms with Gasteiger partial charge < -0.3 is 5.73 Å². The lowest BCUT2D eigenvalue weighted by Crippen LogP contribution is -2.06. The van der Waals surface area contributed by atoms with E-state index in [9.17, 15) is 4.39 Å². The van der Waals surface area contributed by atoms with Crippen LogP contribution in [0.2, 0.25) is 0 Å². The Balaban J connectivity index is 2.24. The van der Waals surface area contributed by atoms with Gasteiger partial charge in [-0.15, -0.1) is 0 Å². The molecule has 0 aliphatic carbocycles. The molecule has 0 bridgehead atoms. The van der Waals surface area contributed by atoms with Gasteiger partial charge in [0.2, 0.25) is 0 Å². The van der Waals surface area contributed by atoms with Gasteiger partial charge in [-0.25, -0.2) is 9.07 Å². The van der Waals surface area contributed by atoms with Crippen LogP contribution < -0.4 is 5.73 Å². The van der Waals surface area contributed by atoms with Crippen LogP contribution in [0, 0.1) is 5.82 Å². The second-order valence-corrected chi connectivity index (χ2v) is 4.44. The van der Waals surface area contributed by atoms with Crippen molar-refractivity contribution in [1.82, 2.24) is 9.78 Å². The van der Waals surface area contributed by atoms with Crippen molar-refractivity contribution in [3.63, 3.8) is 0 Å². The highest BCUT2D eigenvalue weighted by Gasteiger charge is 2.08. The molecule has 0 aliphatic heterocycles. The van der Waals surface area contributed by atoms with Gasteiger partial charge in [-0.2, -0.15) is 5.10 Å². The summed E-state index contributed by atoms with van der Waals surface area (Å²) in [7, 11) is 0. The van der Waals surface area contributed by atoms with E-state index in [1.54, 1.807) is 10.7 Å². The monoisotopic (exact) mass is 233 g/mol. The summed E-state index contributed by atoms with van der Waals surface area (Å²) >= 11 is 0. The van der Waals surface area contributed by atoms with Crippen molar-refractivity contribution >= 4 is 5.82 Å². The average molecular weight is 233 g/mol. The number of nitrogens with two attached hydrogens (primary N) is 1. The molecule has 0 radical (unpaired) electrons. The molecule has 0 fully saturated rings. The molecular weight excluding hydrogens is 217 g/mol. The molecule has 0 saturated heterocycles. The minimum absolute atomic E-state index is 0.239. The van der Waals surface area contributed by atoms with Crippen LogP contribution >= 0.6 is 0 Å². The highest BCUT2D eigenvalue weighted by molar-refractivity contribution is 5.33. The van der Waals surface area contributed by atoms with E-state index in [0.717, 1.165) is 11.3 Å². The third-order valence-electron chi connectivity index (χ3n) is 2.64. The predicted octanol–water partition coefficient (Wildman–Crippen LogP) is 2.78. The van der Waals surface area contributed by atoms with Crippen LogP contribution in [0.5, 0.6) is 0 Å². The van der Waals surface area contributed by atoms with E-state index >= 15 is 0 Å². The molecular formula is C13H16FN3. The summed E-state index contributed by atoms with van der Waals surface area (Å²) in [6.45, 7) is 4.62. The number of hydrogen-bond acceptors (Lipinski definition) is 2. The quantitative estimate of drug-likeness (QED) is 0.885. The van der Waals surface area contributed by atoms with Crippen LogP contribution in [0.15, 0.2) is 30.3 Å². The van der Waals surface area contributed by atoms with Gasteiger partial charge >= 0.3 is 0 Å². The molecule has 17 heavy (non-hydrogen) atoms. The molecule has 90 valence electrons. The lowest BCUT2D eigenvalue weighted by atomic mass is 10.1. The number of hydrogen-bond donors (Lipinski definition) is 1. The standard InChI is InChI=1S/C13H16FN3/c1-9(2)12-7-13(15)17(16-12)8-10-4-3-5-11(14)6-10/h3-7,9H,8,15H2,1-2H3. The Morgan fingerprint density at radius 1 is 1.35 bits per heavy atom. The van der Waals surface area contributed by atoms with Crippen molar-refractivity contribution in [2.75, 3.05) is 5.73 Å². The summed E-state index contributed by atoms with van der Waals surface area (Å²) < 4.78 is 14.7. The van der Waals surface area contributed by atoms with E-state index < -0.39 is 0 Å². The van der Waals surface area contributed by atoms with Gasteiger partial charge in [0.05, 0.1) is 12.2 Å². The molecule has 2 rings (SSSR count). The predicted molar refractivity (Wildman–Crippen MR) is 66.2 cm³/mol. The lowest BCUT2D eigenvalue weighted by Gasteiger charge is -2.04. The largest absolute Gasteiger partial charge is 0.384 e. The Kier molecular flexibility index (Phi) is 3.13. The van der Waals surface area contributed by atoms with Crippen LogP contribution in [-0.4, -0.2) is 9.78 Å². The summed E-state index contributed by atoms with van der Waals surface area (Å²) in [6.07, 6.45) is 0. The van der Waals surface area contributed by atoms with E-state index in [1.807, 2.05) is 12.1 Å². The fourth-order valence-electron chi connectivity index (χ4n) is 1.67. The van der Waals surface area contributed by atoms with Gasteiger partial charge in [0, 0.05) is 6.07 Å². The highest BCUT2D eigenvalue weighted by atomic mass is 19.1. The van der Waals surface area contributed by atoms with Crippen molar-refractivity contribution in [2.24, 2.45) is 0 Å². The molecule has 0 atom stereocenters. The van der Waals surface area contributed by atoms with Gasteiger partial charge in [-0.05, 0) is 23.6 Å². The first kappa shape index (κ1) is 11.6. The number of rotatable bonds is 3. The summed E-state index contributed by atoms with van der Waals surface area (Å²) in [4.78, 5) is 0. The Labute approximate surface area is 100 Å². The molecule has 0 spiro atoms. The van der Waals surface area contributed by atoms with Crippen LogP contribution in [0.3, 0.4) is 0 Å². The van der Waals surface area contributed by atoms with Crippen molar-refractivity contribution in [1.29, 1.82) is 0 Å². The van der Waals surface area contributed by atoms with Crippen molar-refractivity contribution in [3.8, 4) is 0 Å². The second kappa shape index (κ2) is 4.57. The Morgan fingerprint density at radius 2 is 2.12 bits per heavy atom. The Hall–Kier alpha value is -1.84. The molecule has 1 heterocycles. The maximum Gasteiger partial charge on any atom is 0.123 e. The summed E-state index contributed by atoms with van der Waals surface area (Å²) in [5.41, 5.74) is 7.69. The van der Waals surface area contributed by atoms with Crippen molar-refractivity contribution in [3.05, 3.63) is 47.4 Å². The van der Waals surface area contributed by atoms with E-state index in [4.69, 9.17) is 5.73 Å². The Bertz CT molecular complexity index is 517. The smallest absolute Gasteiger partial charge is 0.123 e. The van der Waals surface area contributed by atoms with Crippen molar-refractivity contribution in [2.45, 2.75) is 26.3 Å². The van der Waals surface area contributed by atoms with Crippen LogP contribution in [0.1, 0.15) is 31.0 Å². The summed E-state index contributed by atoms with van der Waals surface area (Å²) in [5.74, 6) is 0.710. The molecule has 2 N–H and O–H groups in total. The number of nitrogens with zero attached hydrogens (tertiary/aromatic N) is 2. The first-order valence-corrected chi connectivity index (χ1v) is 5.64. The number of halogens is 1. The number of aromatic nitrogens is 2. The average Bonchev–Trinajstić information content (AvgIpc) is 2.61. The molecule has 0 saturated carbocycles. The molecule has 0 aliphatic rings.